The molecule has 0 fully saturated rings. The molecule has 0 aliphatic heterocycles. The summed E-state index contributed by atoms with van der Waals surface area (Å²) in [6, 6.07) is 0. The fourth-order valence-corrected chi connectivity index (χ4v) is 5.12. The van der Waals surface area contributed by atoms with Gasteiger partial charge in [-0.1, -0.05) is 33.1 Å². The van der Waals surface area contributed by atoms with E-state index in [0.717, 1.165) is 86.0 Å². The van der Waals surface area contributed by atoms with Gasteiger partial charge in [-0.25, -0.2) is 18.4 Å². The minimum Gasteiger partial charge on any atom is -0.382 e. The second kappa shape index (κ2) is 10.2. The minimum absolute atomic E-state index is 0.301. The summed E-state index contributed by atoms with van der Waals surface area (Å²) in [6.07, 6.45) is 7.38. The number of pyridine rings is 1. The van der Waals surface area contributed by atoms with Crippen molar-refractivity contribution in [1.82, 2.24) is 14.5 Å². The lowest BCUT2D eigenvalue weighted by Crippen LogP contribution is -2.11. The maximum absolute atomic E-state index is 12.0. The van der Waals surface area contributed by atoms with Crippen LogP contribution in [-0.4, -0.2) is 34.5 Å². The molecule has 0 bridgehead atoms. The average Bonchev–Trinajstić information content (AvgIpc) is 3.01. The molecule has 0 atom stereocenters. The number of anilines is 1. The Kier molecular flexibility index (Phi) is 8.28. The standard InChI is InChI=1S/C21H36N4O2S/c1-5-7-12-18-24-19-20(16(3)17(4)23-21(19)22)25(18)13-10-9-11-15-28(26,27)14-8-6-2/h5-15H2,1-4H3,(H2,22,23). The summed E-state index contributed by atoms with van der Waals surface area (Å²) < 4.78 is 26.3. The van der Waals surface area contributed by atoms with E-state index < -0.39 is 9.84 Å². The van der Waals surface area contributed by atoms with Gasteiger partial charge in [0.15, 0.2) is 5.82 Å². The van der Waals surface area contributed by atoms with Gasteiger partial charge in [0.05, 0.1) is 17.0 Å². The Bertz CT molecular complexity index is 888. The van der Waals surface area contributed by atoms with Crippen LogP contribution in [0.5, 0.6) is 0 Å². The van der Waals surface area contributed by atoms with E-state index in [1.54, 1.807) is 0 Å². The van der Waals surface area contributed by atoms with E-state index in [0.29, 0.717) is 17.3 Å². The van der Waals surface area contributed by atoms with Gasteiger partial charge in [-0.3, -0.25) is 0 Å². The summed E-state index contributed by atoms with van der Waals surface area (Å²) in [5.74, 6) is 2.18. The predicted molar refractivity (Wildman–Crippen MR) is 117 cm³/mol. The highest BCUT2D eigenvalue weighted by Crippen LogP contribution is 2.27. The van der Waals surface area contributed by atoms with E-state index in [1.807, 2.05) is 13.8 Å². The Morgan fingerprint density at radius 1 is 0.929 bits per heavy atom. The van der Waals surface area contributed by atoms with Gasteiger partial charge in [0.1, 0.15) is 21.2 Å². The molecular weight excluding hydrogens is 372 g/mol. The smallest absolute Gasteiger partial charge is 0.151 e. The molecule has 2 rings (SSSR count). The van der Waals surface area contributed by atoms with Crippen LogP contribution in [0.1, 0.15) is 75.9 Å². The van der Waals surface area contributed by atoms with Crippen molar-refractivity contribution in [1.29, 1.82) is 0 Å². The van der Waals surface area contributed by atoms with Crippen LogP contribution in [-0.2, 0) is 22.8 Å². The largest absolute Gasteiger partial charge is 0.382 e. The van der Waals surface area contributed by atoms with Gasteiger partial charge < -0.3 is 10.3 Å². The van der Waals surface area contributed by atoms with E-state index in [-0.39, 0.29) is 0 Å². The molecule has 0 aromatic carbocycles. The number of nitrogens with two attached hydrogens (primary N) is 1. The van der Waals surface area contributed by atoms with Gasteiger partial charge in [-0.15, -0.1) is 0 Å². The van der Waals surface area contributed by atoms with Gasteiger partial charge in [-0.05, 0) is 45.1 Å². The fourth-order valence-electron chi connectivity index (χ4n) is 3.55. The Morgan fingerprint density at radius 2 is 1.61 bits per heavy atom. The third-order valence-corrected chi connectivity index (χ3v) is 7.20. The molecule has 28 heavy (non-hydrogen) atoms. The fraction of sp³-hybridized carbons (Fsp3) is 0.714. The first kappa shape index (κ1) is 22.7. The van der Waals surface area contributed by atoms with Gasteiger partial charge >= 0.3 is 0 Å². The highest BCUT2D eigenvalue weighted by molar-refractivity contribution is 7.91. The van der Waals surface area contributed by atoms with Crippen molar-refractivity contribution in [3.63, 3.8) is 0 Å². The highest BCUT2D eigenvalue weighted by atomic mass is 32.2. The van der Waals surface area contributed by atoms with Crippen molar-refractivity contribution in [3.05, 3.63) is 17.1 Å². The zero-order chi connectivity index (χ0) is 20.7. The number of aryl methyl sites for hydroxylation is 4. The van der Waals surface area contributed by atoms with Crippen molar-refractivity contribution >= 4 is 26.7 Å². The minimum atomic E-state index is -2.89. The number of sulfone groups is 1. The van der Waals surface area contributed by atoms with Gasteiger partial charge in [0.25, 0.3) is 0 Å². The first-order valence-electron chi connectivity index (χ1n) is 10.6. The molecule has 2 aromatic heterocycles. The zero-order valence-electron chi connectivity index (χ0n) is 17.9. The van der Waals surface area contributed by atoms with Gasteiger partial charge in [0, 0.05) is 18.7 Å². The summed E-state index contributed by atoms with van der Waals surface area (Å²) in [6.45, 7) is 9.10. The maximum Gasteiger partial charge on any atom is 0.151 e. The predicted octanol–water partition coefficient (Wildman–Crippen LogP) is 4.36. The van der Waals surface area contributed by atoms with E-state index in [1.165, 1.54) is 0 Å². The number of aromatic nitrogens is 3. The lowest BCUT2D eigenvalue weighted by Gasteiger charge is -2.12. The molecule has 0 saturated heterocycles. The summed E-state index contributed by atoms with van der Waals surface area (Å²) in [7, 11) is -2.89. The molecule has 0 radical (unpaired) electrons. The Morgan fingerprint density at radius 3 is 2.29 bits per heavy atom. The SMILES string of the molecule is CCCCc1nc2c(N)nc(C)c(C)c2n1CCCCCS(=O)(=O)CCCC. The summed E-state index contributed by atoms with van der Waals surface area (Å²) >= 11 is 0. The lowest BCUT2D eigenvalue weighted by molar-refractivity contribution is 0.568. The first-order valence-corrected chi connectivity index (χ1v) is 12.4. The van der Waals surface area contributed by atoms with Crippen molar-refractivity contribution in [2.24, 2.45) is 0 Å². The number of hydrogen-bond donors (Lipinski definition) is 1. The molecule has 0 amide bonds. The topological polar surface area (TPSA) is 90.9 Å². The normalized spacial score (nSPS) is 12.1. The number of nitrogen functional groups attached to an aromatic ring is 1. The third kappa shape index (κ3) is 5.69. The highest BCUT2D eigenvalue weighted by Gasteiger charge is 2.17. The molecule has 0 unspecified atom stereocenters. The van der Waals surface area contributed by atoms with E-state index in [4.69, 9.17) is 10.7 Å². The Labute approximate surface area is 169 Å². The van der Waals surface area contributed by atoms with Gasteiger partial charge in [-0.2, -0.15) is 0 Å². The zero-order valence-corrected chi connectivity index (χ0v) is 18.7. The molecule has 0 aliphatic rings. The number of unbranched alkanes of at least 4 members (excludes halogenated alkanes) is 4. The molecule has 2 N–H and O–H groups in total. The van der Waals surface area contributed by atoms with Crippen LogP contribution in [0.15, 0.2) is 0 Å². The molecule has 7 heteroatoms. The maximum atomic E-state index is 12.0. The van der Waals surface area contributed by atoms with E-state index in [9.17, 15) is 8.42 Å². The molecule has 0 aliphatic carbocycles. The number of fused-ring (bicyclic) bond motifs is 1. The molecule has 0 saturated carbocycles. The van der Waals surface area contributed by atoms with Crippen LogP contribution in [0, 0.1) is 13.8 Å². The average molecular weight is 409 g/mol. The van der Waals surface area contributed by atoms with Gasteiger partial charge in [0.2, 0.25) is 0 Å². The Balaban J connectivity index is 2.10. The Hall–Kier alpha value is -1.63. The third-order valence-electron chi connectivity index (χ3n) is 5.38. The number of nitrogens with zero attached hydrogens (tertiary/aromatic N) is 3. The van der Waals surface area contributed by atoms with Crippen LogP contribution >= 0.6 is 0 Å². The van der Waals surface area contributed by atoms with Crippen molar-refractivity contribution in [2.45, 2.75) is 85.6 Å². The summed E-state index contributed by atoms with van der Waals surface area (Å²) in [5, 5.41) is 0. The monoisotopic (exact) mass is 408 g/mol. The number of imidazole rings is 1. The molecule has 2 heterocycles. The van der Waals surface area contributed by atoms with E-state index >= 15 is 0 Å². The molecular formula is C21H36N4O2S. The lowest BCUT2D eigenvalue weighted by atomic mass is 10.1. The van der Waals surface area contributed by atoms with Crippen LogP contribution in [0.25, 0.3) is 11.0 Å². The second-order valence-corrected chi connectivity index (χ2v) is 10.1. The van der Waals surface area contributed by atoms with Crippen molar-refractivity contribution in [3.8, 4) is 0 Å². The summed E-state index contributed by atoms with van der Waals surface area (Å²) in [5.41, 5.74) is 10.1. The van der Waals surface area contributed by atoms with Crippen LogP contribution in [0.3, 0.4) is 0 Å². The number of rotatable bonds is 12. The molecule has 2 aromatic rings. The first-order chi connectivity index (χ1) is 13.3. The van der Waals surface area contributed by atoms with Crippen LogP contribution < -0.4 is 5.73 Å². The van der Waals surface area contributed by atoms with Crippen LogP contribution in [0.2, 0.25) is 0 Å². The number of hydrogen-bond acceptors (Lipinski definition) is 5. The second-order valence-electron chi connectivity index (χ2n) is 7.75. The molecule has 6 nitrogen and oxygen atoms in total. The van der Waals surface area contributed by atoms with Crippen LogP contribution in [0.4, 0.5) is 5.82 Å². The quantitative estimate of drug-likeness (QED) is 0.527. The molecule has 158 valence electrons. The molecule has 0 spiro atoms. The van der Waals surface area contributed by atoms with Crippen molar-refractivity contribution in [2.75, 3.05) is 17.2 Å². The van der Waals surface area contributed by atoms with E-state index in [2.05, 4.69) is 23.4 Å². The van der Waals surface area contributed by atoms with Crippen molar-refractivity contribution < 1.29 is 8.42 Å². The summed E-state index contributed by atoms with van der Waals surface area (Å²) in [4.78, 5) is 9.24.